The van der Waals surface area contributed by atoms with Gasteiger partial charge in [-0.15, -0.1) is 0 Å². The van der Waals surface area contributed by atoms with Crippen molar-refractivity contribution < 1.29 is 28.5 Å². The van der Waals surface area contributed by atoms with Crippen molar-refractivity contribution >= 4 is 29.4 Å². The highest BCUT2D eigenvalue weighted by molar-refractivity contribution is 6.01. The molecule has 0 atom stereocenters. The van der Waals surface area contributed by atoms with Gasteiger partial charge in [-0.25, -0.2) is 19.6 Å². The molecule has 2 aromatic heterocycles. The van der Waals surface area contributed by atoms with Crippen molar-refractivity contribution in [3.8, 4) is 6.07 Å². The first-order valence-electron chi connectivity index (χ1n) is 13.2. The van der Waals surface area contributed by atoms with Gasteiger partial charge in [-0.1, -0.05) is 0 Å². The van der Waals surface area contributed by atoms with Crippen LogP contribution in [0.15, 0.2) is 18.3 Å². The number of pyridine rings is 2. The molecule has 1 aliphatic rings. The van der Waals surface area contributed by atoms with Crippen LogP contribution in [-0.4, -0.2) is 80.7 Å². The number of urea groups is 1. The van der Waals surface area contributed by atoms with Crippen molar-refractivity contribution in [2.24, 2.45) is 0 Å². The number of nitrogens with one attached hydrogen (secondary N) is 2. The maximum atomic E-state index is 13.5. The molecule has 3 heterocycles. The summed E-state index contributed by atoms with van der Waals surface area (Å²) in [7, 11) is 6.23. The molecule has 3 rings (SSSR count). The van der Waals surface area contributed by atoms with Crippen LogP contribution in [0.2, 0.25) is 0 Å². The number of hydrogen-bond donors (Lipinski definition) is 2. The van der Waals surface area contributed by atoms with Gasteiger partial charge in [0.1, 0.15) is 29.0 Å². The van der Waals surface area contributed by atoms with E-state index in [4.69, 9.17) is 23.9 Å². The zero-order valence-electron chi connectivity index (χ0n) is 24.7. The Morgan fingerprint density at radius 2 is 1.95 bits per heavy atom. The average Bonchev–Trinajstić information content (AvgIpc) is 2.92. The zero-order chi connectivity index (χ0) is 30.2. The standard InChI is InChI=1S/C28H39N7O6/c1-28(2,3)41-27(37)34(4)17-19-13-18-9-8-11-35(24(18)33-23(19)25(39-6)40-7)26(36)32-22-14-21(30-10-12-38-5)20(15-29)16-31-22/h13-14,16,25H,8-12,17H2,1-7H3,(H2,30,31,32,36). The van der Waals surface area contributed by atoms with Crippen LogP contribution in [0, 0.1) is 11.3 Å². The fourth-order valence-corrected chi connectivity index (χ4v) is 4.29. The molecule has 13 nitrogen and oxygen atoms in total. The monoisotopic (exact) mass is 569 g/mol. The van der Waals surface area contributed by atoms with Crippen LogP contribution in [0.25, 0.3) is 0 Å². The molecule has 0 fully saturated rings. The summed E-state index contributed by atoms with van der Waals surface area (Å²) in [5.74, 6) is 0.752. The van der Waals surface area contributed by atoms with Gasteiger partial charge in [0.25, 0.3) is 0 Å². The highest BCUT2D eigenvalue weighted by Crippen LogP contribution is 2.32. The first-order valence-corrected chi connectivity index (χ1v) is 13.2. The van der Waals surface area contributed by atoms with Crippen LogP contribution in [0.1, 0.15) is 55.9 Å². The van der Waals surface area contributed by atoms with E-state index >= 15 is 0 Å². The lowest BCUT2D eigenvalue weighted by molar-refractivity contribution is -0.109. The van der Waals surface area contributed by atoms with E-state index in [0.29, 0.717) is 60.9 Å². The molecule has 222 valence electrons. The topological polar surface area (TPSA) is 151 Å². The van der Waals surface area contributed by atoms with Crippen molar-refractivity contribution in [3.63, 3.8) is 0 Å². The van der Waals surface area contributed by atoms with E-state index in [1.54, 1.807) is 25.1 Å². The van der Waals surface area contributed by atoms with Gasteiger partial charge < -0.3 is 29.2 Å². The fourth-order valence-electron chi connectivity index (χ4n) is 4.29. The Bertz CT molecular complexity index is 1270. The number of methoxy groups -OCH3 is 3. The number of aryl methyl sites for hydroxylation is 1. The van der Waals surface area contributed by atoms with Gasteiger partial charge in [0.05, 0.1) is 24.4 Å². The van der Waals surface area contributed by atoms with Gasteiger partial charge in [0.15, 0.2) is 0 Å². The third kappa shape index (κ3) is 8.26. The quantitative estimate of drug-likeness (QED) is 0.317. The average molecular weight is 570 g/mol. The predicted octanol–water partition coefficient (Wildman–Crippen LogP) is 4.05. The third-order valence-corrected chi connectivity index (χ3v) is 6.16. The largest absolute Gasteiger partial charge is 0.444 e. The molecule has 41 heavy (non-hydrogen) atoms. The molecule has 3 amide bonds. The van der Waals surface area contributed by atoms with Crippen molar-refractivity contribution in [1.29, 1.82) is 5.26 Å². The zero-order valence-corrected chi connectivity index (χ0v) is 24.7. The Balaban J connectivity index is 1.90. The molecule has 13 heteroatoms. The normalized spacial score (nSPS) is 12.9. The first-order chi connectivity index (χ1) is 19.5. The molecular formula is C28H39N7O6. The van der Waals surface area contributed by atoms with Gasteiger partial charge in [-0.3, -0.25) is 10.2 Å². The molecular weight excluding hydrogens is 530 g/mol. The predicted molar refractivity (Wildman–Crippen MR) is 153 cm³/mol. The number of nitriles is 1. The smallest absolute Gasteiger partial charge is 0.410 e. The van der Waals surface area contributed by atoms with Gasteiger partial charge >= 0.3 is 12.1 Å². The number of aromatic nitrogens is 2. The maximum Gasteiger partial charge on any atom is 0.410 e. The minimum absolute atomic E-state index is 0.202. The van der Waals surface area contributed by atoms with E-state index in [1.165, 1.54) is 25.3 Å². The second kappa shape index (κ2) is 14.1. The number of anilines is 3. The van der Waals surface area contributed by atoms with Gasteiger partial charge in [-0.2, -0.15) is 5.26 Å². The Labute approximate surface area is 240 Å². The Kier molecular flexibility index (Phi) is 10.8. The first kappa shape index (κ1) is 31.5. The van der Waals surface area contributed by atoms with Crippen LogP contribution in [-0.2, 0) is 31.9 Å². The molecule has 1 aliphatic heterocycles. The number of rotatable bonds is 10. The van der Waals surface area contributed by atoms with Crippen molar-refractivity contribution in [1.82, 2.24) is 14.9 Å². The molecule has 0 bridgehead atoms. The highest BCUT2D eigenvalue weighted by Gasteiger charge is 2.30. The third-order valence-electron chi connectivity index (χ3n) is 6.16. The molecule has 2 N–H and O–H groups in total. The molecule has 0 aliphatic carbocycles. The van der Waals surface area contributed by atoms with Crippen LogP contribution in [0.4, 0.5) is 26.9 Å². The SMILES string of the molecule is COCCNc1cc(NC(=O)N2CCCc3cc(CN(C)C(=O)OC(C)(C)C)c(C(OC)OC)nc32)ncc1C#N. The van der Waals surface area contributed by atoms with Crippen molar-refractivity contribution in [2.75, 3.05) is 63.6 Å². The number of ether oxygens (including phenoxy) is 4. The van der Waals surface area contributed by atoms with E-state index in [-0.39, 0.29) is 12.4 Å². The van der Waals surface area contributed by atoms with Crippen LogP contribution in [0.3, 0.4) is 0 Å². The summed E-state index contributed by atoms with van der Waals surface area (Å²) in [6.45, 7) is 7.00. The molecule has 2 aromatic rings. The lowest BCUT2D eigenvalue weighted by Gasteiger charge is -2.31. The lowest BCUT2D eigenvalue weighted by Crippen LogP contribution is -2.40. The lowest BCUT2D eigenvalue weighted by atomic mass is 10.0. The number of amides is 3. The summed E-state index contributed by atoms with van der Waals surface area (Å²) < 4.78 is 21.6. The van der Waals surface area contributed by atoms with E-state index in [1.807, 2.05) is 26.8 Å². The second-order valence-corrected chi connectivity index (χ2v) is 10.5. The molecule has 0 radical (unpaired) electrons. The minimum atomic E-state index is -0.824. The second-order valence-electron chi connectivity index (χ2n) is 10.5. The number of hydrogen-bond acceptors (Lipinski definition) is 10. The summed E-state index contributed by atoms with van der Waals surface area (Å²) in [5, 5.41) is 15.4. The molecule has 0 saturated heterocycles. The van der Waals surface area contributed by atoms with E-state index in [0.717, 1.165) is 5.56 Å². The Morgan fingerprint density at radius 3 is 2.59 bits per heavy atom. The summed E-state index contributed by atoms with van der Waals surface area (Å²) >= 11 is 0. The van der Waals surface area contributed by atoms with E-state index < -0.39 is 24.0 Å². The fraction of sp³-hybridized carbons (Fsp3) is 0.536. The summed E-state index contributed by atoms with van der Waals surface area (Å²) in [6, 6.07) is 5.21. The van der Waals surface area contributed by atoms with Crippen molar-refractivity contribution in [2.45, 2.75) is 52.0 Å². The van der Waals surface area contributed by atoms with Crippen LogP contribution >= 0.6 is 0 Å². The molecule has 0 unspecified atom stereocenters. The number of carbonyl (C=O) groups is 2. The summed E-state index contributed by atoms with van der Waals surface area (Å²) in [6.07, 6.45) is 1.52. The van der Waals surface area contributed by atoms with Gasteiger partial charge in [0.2, 0.25) is 6.29 Å². The van der Waals surface area contributed by atoms with Gasteiger partial charge in [-0.05, 0) is 50.8 Å². The summed E-state index contributed by atoms with van der Waals surface area (Å²) in [4.78, 5) is 38.2. The number of carbonyl (C=O) groups excluding carboxylic acids is 2. The molecule has 0 spiro atoms. The Morgan fingerprint density at radius 1 is 1.22 bits per heavy atom. The number of nitrogens with zero attached hydrogens (tertiary/aromatic N) is 5. The molecule has 0 aromatic carbocycles. The molecule has 0 saturated carbocycles. The van der Waals surface area contributed by atoms with Gasteiger partial charge in [0, 0.05) is 53.7 Å². The van der Waals surface area contributed by atoms with Crippen LogP contribution < -0.4 is 15.5 Å². The highest BCUT2D eigenvalue weighted by atomic mass is 16.7. The van der Waals surface area contributed by atoms with E-state index in [2.05, 4.69) is 21.7 Å². The van der Waals surface area contributed by atoms with E-state index in [9.17, 15) is 14.9 Å². The van der Waals surface area contributed by atoms with Crippen LogP contribution in [0.5, 0.6) is 0 Å². The maximum absolute atomic E-state index is 13.5. The Hall–Kier alpha value is -3.99. The number of fused-ring (bicyclic) bond motifs is 1. The minimum Gasteiger partial charge on any atom is -0.444 e. The van der Waals surface area contributed by atoms with Crippen molar-refractivity contribution in [3.05, 3.63) is 40.7 Å². The summed E-state index contributed by atoms with van der Waals surface area (Å²) in [5.41, 5.74) is 2.27.